The van der Waals surface area contributed by atoms with Crippen LogP contribution in [0.2, 0.25) is 0 Å². The van der Waals surface area contributed by atoms with Gasteiger partial charge in [0.2, 0.25) is 11.8 Å². The molecule has 3 aliphatic heterocycles. The number of fused-ring (bicyclic) bond motifs is 2. The first-order chi connectivity index (χ1) is 22.2. The van der Waals surface area contributed by atoms with Crippen molar-refractivity contribution in [3.63, 3.8) is 0 Å². The summed E-state index contributed by atoms with van der Waals surface area (Å²) in [4.78, 5) is 53.7. The number of rotatable bonds is 5. The number of halogens is 1. The van der Waals surface area contributed by atoms with E-state index in [9.17, 15) is 18.8 Å². The number of benzene rings is 2. The van der Waals surface area contributed by atoms with Gasteiger partial charge in [-0.2, -0.15) is 0 Å². The maximum absolute atomic E-state index is 14.2. The number of aromatic nitrogens is 1. The van der Waals surface area contributed by atoms with Crippen LogP contribution < -0.4 is 4.90 Å². The van der Waals surface area contributed by atoms with Gasteiger partial charge in [-0.3, -0.25) is 19.5 Å². The minimum absolute atomic E-state index is 0.0153. The maximum Gasteiger partial charge on any atom is 0.410 e. The largest absolute Gasteiger partial charge is 0.444 e. The van der Waals surface area contributed by atoms with Crippen LogP contribution in [0.25, 0.3) is 0 Å². The molecule has 0 radical (unpaired) electrons. The second-order valence-electron chi connectivity index (χ2n) is 14.8. The Morgan fingerprint density at radius 3 is 2.28 bits per heavy atom. The lowest BCUT2D eigenvalue weighted by atomic mass is 9.91. The first kappa shape index (κ1) is 32.6. The summed E-state index contributed by atoms with van der Waals surface area (Å²) in [6, 6.07) is 15.4. The molecule has 1 saturated heterocycles. The molecule has 47 heavy (non-hydrogen) atoms. The third kappa shape index (κ3) is 6.88. The van der Waals surface area contributed by atoms with E-state index in [1.165, 1.54) is 12.1 Å². The lowest BCUT2D eigenvalue weighted by Crippen LogP contribution is -2.64. The van der Waals surface area contributed by atoms with Gasteiger partial charge in [-0.25, -0.2) is 9.18 Å². The second-order valence-corrected chi connectivity index (χ2v) is 14.8. The van der Waals surface area contributed by atoms with Gasteiger partial charge in [0.15, 0.2) is 0 Å². The Kier molecular flexibility index (Phi) is 8.59. The smallest absolute Gasteiger partial charge is 0.410 e. The fourth-order valence-electron chi connectivity index (χ4n) is 6.92. The van der Waals surface area contributed by atoms with Gasteiger partial charge in [0, 0.05) is 50.4 Å². The van der Waals surface area contributed by atoms with E-state index in [0.29, 0.717) is 32.6 Å². The molecule has 0 spiro atoms. The number of pyridine rings is 1. The molecule has 2 aromatic carbocycles. The topological polar surface area (TPSA) is 86.3 Å². The second kappa shape index (κ2) is 12.4. The van der Waals surface area contributed by atoms with Gasteiger partial charge in [0.1, 0.15) is 17.5 Å². The summed E-state index contributed by atoms with van der Waals surface area (Å²) in [5, 5.41) is 0. The van der Waals surface area contributed by atoms with Gasteiger partial charge >= 0.3 is 6.09 Å². The molecule has 1 aromatic heterocycles. The van der Waals surface area contributed by atoms with Crippen LogP contribution in [0.15, 0.2) is 60.8 Å². The number of anilines is 1. The average Bonchev–Trinajstić information content (AvgIpc) is 3.55. The number of carbonyl (C=O) groups is 3. The fraction of sp³-hybridized carbons (Fsp3) is 0.459. The molecule has 2 atom stereocenters. The normalized spacial score (nSPS) is 20.6. The summed E-state index contributed by atoms with van der Waals surface area (Å²) >= 11 is 0. The van der Waals surface area contributed by atoms with E-state index in [1.807, 2.05) is 74.0 Å². The van der Waals surface area contributed by atoms with Crippen LogP contribution >= 0.6 is 0 Å². The molecule has 0 bridgehead atoms. The number of ether oxygens (including phenoxy) is 1. The van der Waals surface area contributed by atoms with Crippen molar-refractivity contribution in [1.29, 1.82) is 0 Å². The fourth-order valence-corrected chi connectivity index (χ4v) is 6.92. The highest BCUT2D eigenvalue weighted by Gasteiger charge is 2.45. The molecule has 4 heterocycles. The van der Waals surface area contributed by atoms with Crippen LogP contribution in [-0.4, -0.2) is 81.5 Å². The van der Waals surface area contributed by atoms with Crippen LogP contribution in [-0.2, 0) is 39.3 Å². The van der Waals surface area contributed by atoms with E-state index in [1.54, 1.807) is 21.9 Å². The van der Waals surface area contributed by atoms with E-state index in [-0.39, 0.29) is 42.2 Å². The van der Waals surface area contributed by atoms with Gasteiger partial charge < -0.3 is 19.4 Å². The van der Waals surface area contributed by atoms with E-state index < -0.39 is 17.7 Å². The van der Waals surface area contributed by atoms with Gasteiger partial charge in [-0.1, -0.05) is 50.2 Å². The maximum atomic E-state index is 14.2. The highest BCUT2D eigenvalue weighted by molar-refractivity contribution is 5.98. The Bertz CT molecular complexity index is 1660. The van der Waals surface area contributed by atoms with Crippen molar-refractivity contribution in [3.05, 3.63) is 94.6 Å². The molecule has 3 aromatic rings. The van der Waals surface area contributed by atoms with Crippen molar-refractivity contribution >= 4 is 23.6 Å². The monoisotopic (exact) mass is 641 g/mol. The van der Waals surface area contributed by atoms with E-state index in [2.05, 4.69) is 13.8 Å². The number of hydrogen-bond donors (Lipinski definition) is 0. The third-order valence-electron chi connectivity index (χ3n) is 9.28. The molecule has 248 valence electrons. The Morgan fingerprint density at radius 1 is 0.979 bits per heavy atom. The standard InChI is InChI=1S/C37H44FN5O4/c1-24-18-40(31(21-42(24)35(46)47-36(2,3)4)34(45)41-19-27-9-7-8-10-28(27)20-41)22-32(44)43-23-37(5,6)33-30(43)16-26(17-39-33)15-25-11-13-29(38)14-12-25/h7-14,16-17,24,31H,15,18-23H2,1-6H3/t24-,31+/m1/s1. The average molecular weight is 642 g/mol. The zero-order chi connectivity index (χ0) is 33.7. The minimum Gasteiger partial charge on any atom is -0.444 e. The Hall–Kier alpha value is -4.31. The number of piperazine rings is 1. The first-order valence-electron chi connectivity index (χ1n) is 16.3. The van der Waals surface area contributed by atoms with E-state index in [0.717, 1.165) is 33.6 Å². The third-order valence-corrected chi connectivity index (χ3v) is 9.28. The molecule has 1 fully saturated rings. The van der Waals surface area contributed by atoms with Gasteiger partial charge in [-0.15, -0.1) is 0 Å². The van der Waals surface area contributed by atoms with E-state index in [4.69, 9.17) is 9.72 Å². The molecule has 10 heteroatoms. The molecular weight excluding hydrogens is 597 g/mol. The zero-order valence-corrected chi connectivity index (χ0v) is 28.1. The Labute approximate surface area is 276 Å². The number of nitrogens with zero attached hydrogens (tertiary/aromatic N) is 5. The van der Waals surface area contributed by atoms with Crippen LogP contribution in [0.3, 0.4) is 0 Å². The van der Waals surface area contributed by atoms with Crippen molar-refractivity contribution in [2.45, 2.75) is 84.2 Å². The molecule has 9 nitrogen and oxygen atoms in total. The van der Waals surface area contributed by atoms with Crippen LogP contribution in [0, 0.1) is 5.82 Å². The quantitative estimate of drug-likeness (QED) is 0.377. The van der Waals surface area contributed by atoms with Crippen molar-refractivity contribution in [2.24, 2.45) is 0 Å². The Morgan fingerprint density at radius 2 is 1.64 bits per heavy atom. The summed E-state index contributed by atoms with van der Waals surface area (Å²) in [5.41, 5.74) is 4.65. The lowest BCUT2D eigenvalue weighted by Gasteiger charge is -2.45. The van der Waals surface area contributed by atoms with Crippen LogP contribution in [0.4, 0.5) is 14.9 Å². The van der Waals surface area contributed by atoms with Crippen molar-refractivity contribution in [3.8, 4) is 0 Å². The van der Waals surface area contributed by atoms with Crippen molar-refractivity contribution in [2.75, 3.05) is 31.1 Å². The molecule has 0 unspecified atom stereocenters. The summed E-state index contributed by atoms with van der Waals surface area (Å²) in [6.45, 7) is 13.5. The minimum atomic E-state index is -0.713. The zero-order valence-electron chi connectivity index (χ0n) is 28.1. The highest BCUT2D eigenvalue weighted by Crippen LogP contribution is 2.40. The molecule has 0 aliphatic carbocycles. The molecule has 3 amide bonds. The van der Waals surface area contributed by atoms with Crippen molar-refractivity contribution < 1.29 is 23.5 Å². The van der Waals surface area contributed by atoms with Gasteiger partial charge in [-0.05, 0) is 74.6 Å². The first-order valence-corrected chi connectivity index (χ1v) is 16.3. The lowest BCUT2D eigenvalue weighted by molar-refractivity contribution is -0.141. The highest BCUT2D eigenvalue weighted by atomic mass is 19.1. The predicted molar refractivity (Wildman–Crippen MR) is 177 cm³/mol. The molecule has 6 rings (SSSR count). The van der Waals surface area contributed by atoms with Gasteiger partial charge in [0.05, 0.1) is 17.9 Å². The number of carbonyl (C=O) groups excluding carboxylic acids is 3. The number of hydrogen-bond acceptors (Lipinski definition) is 6. The summed E-state index contributed by atoms with van der Waals surface area (Å²) in [6.07, 6.45) is 1.92. The van der Waals surface area contributed by atoms with Gasteiger partial charge in [0.25, 0.3) is 0 Å². The van der Waals surface area contributed by atoms with Crippen molar-refractivity contribution in [1.82, 2.24) is 19.7 Å². The number of amides is 3. The Balaban J connectivity index is 1.25. The predicted octanol–water partition coefficient (Wildman–Crippen LogP) is 5.29. The van der Waals surface area contributed by atoms with Crippen LogP contribution in [0.1, 0.15) is 69.5 Å². The summed E-state index contributed by atoms with van der Waals surface area (Å²) < 4.78 is 19.2. The van der Waals surface area contributed by atoms with Crippen LogP contribution in [0.5, 0.6) is 0 Å². The molecule has 0 N–H and O–H groups in total. The summed E-state index contributed by atoms with van der Waals surface area (Å²) in [7, 11) is 0. The van der Waals surface area contributed by atoms with E-state index >= 15 is 0 Å². The molecular formula is C37H44FN5O4. The SMILES string of the molecule is C[C@@H]1CN(CC(=O)N2CC(C)(C)c3ncc(Cc4ccc(F)cc4)cc32)[C@H](C(=O)N2Cc3ccccc3C2)CN1C(=O)OC(C)(C)C. The molecule has 3 aliphatic rings. The molecule has 0 saturated carbocycles. The summed E-state index contributed by atoms with van der Waals surface area (Å²) in [5.74, 6) is -0.524.